The number of aliphatic hydroxyl groups excluding tert-OH is 1. The second-order valence-electron chi connectivity index (χ2n) is 5.41. The Balaban J connectivity index is 2.30. The molecule has 0 amide bonds. The number of hydrogen-bond acceptors (Lipinski definition) is 2. The number of rotatable bonds is 3. The van der Waals surface area contributed by atoms with Gasteiger partial charge in [-0.3, -0.25) is 4.98 Å². The Morgan fingerprint density at radius 3 is 1.79 bits per heavy atom. The molecule has 0 radical (unpaired) electrons. The Morgan fingerprint density at radius 2 is 1.32 bits per heavy atom. The second-order valence-corrected chi connectivity index (χ2v) is 5.41. The van der Waals surface area contributed by atoms with Crippen molar-refractivity contribution in [3.63, 3.8) is 0 Å². The van der Waals surface area contributed by atoms with E-state index in [1.54, 1.807) is 0 Å². The Labute approximate surface area is 115 Å². The maximum atomic E-state index is 10.4. The van der Waals surface area contributed by atoms with E-state index in [2.05, 4.69) is 31.0 Å². The lowest BCUT2D eigenvalue weighted by Gasteiger charge is -2.14. The van der Waals surface area contributed by atoms with Gasteiger partial charge in [-0.2, -0.15) is 0 Å². The highest BCUT2D eigenvalue weighted by atomic mass is 16.3. The van der Waals surface area contributed by atoms with E-state index in [1.807, 2.05) is 38.1 Å². The summed E-state index contributed by atoms with van der Waals surface area (Å²) in [6.07, 6.45) is -0.582. The van der Waals surface area contributed by atoms with Crippen LogP contribution in [0.25, 0.3) is 0 Å². The Morgan fingerprint density at radius 1 is 0.842 bits per heavy atom. The van der Waals surface area contributed by atoms with E-state index in [9.17, 15) is 5.11 Å². The predicted molar refractivity (Wildman–Crippen MR) is 78.3 cm³/mol. The highest BCUT2D eigenvalue weighted by Gasteiger charge is 2.12. The Kier molecular flexibility index (Phi) is 4.01. The average Bonchev–Trinajstić information content (AvgIpc) is 2.37. The largest absolute Gasteiger partial charge is 0.384 e. The molecule has 19 heavy (non-hydrogen) atoms. The SMILES string of the molecule is Cc1cc(C(O)c2ccc(C(C)C)cc2)cc(C)n1. The summed E-state index contributed by atoms with van der Waals surface area (Å²) < 4.78 is 0. The highest BCUT2D eigenvalue weighted by molar-refractivity contribution is 5.33. The van der Waals surface area contributed by atoms with Crippen molar-refractivity contribution in [1.29, 1.82) is 0 Å². The van der Waals surface area contributed by atoms with E-state index in [0.717, 1.165) is 22.5 Å². The first-order valence-electron chi connectivity index (χ1n) is 6.70. The molecule has 0 saturated carbocycles. The summed E-state index contributed by atoms with van der Waals surface area (Å²) in [5, 5.41) is 10.4. The fourth-order valence-electron chi connectivity index (χ4n) is 2.28. The molecule has 2 rings (SSSR count). The van der Waals surface area contributed by atoms with Crippen molar-refractivity contribution < 1.29 is 5.11 Å². The lowest BCUT2D eigenvalue weighted by Crippen LogP contribution is -2.02. The molecule has 2 heteroatoms. The average molecular weight is 255 g/mol. The molecular weight excluding hydrogens is 234 g/mol. The van der Waals surface area contributed by atoms with Gasteiger partial charge in [0.15, 0.2) is 0 Å². The van der Waals surface area contributed by atoms with E-state index in [4.69, 9.17) is 0 Å². The first kappa shape index (κ1) is 13.8. The van der Waals surface area contributed by atoms with Crippen LogP contribution in [0.4, 0.5) is 0 Å². The molecule has 0 saturated heterocycles. The van der Waals surface area contributed by atoms with Gasteiger partial charge in [0.1, 0.15) is 6.10 Å². The topological polar surface area (TPSA) is 33.1 Å². The third kappa shape index (κ3) is 3.21. The summed E-state index contributed by atoms with van der Waals surface area (Å²) in [7, 11) is 0. The second kappa shape index (κ2) is 5.54. The van der Waals surface area contributed by atoms with Gasteiger partial charge in [0.2, 0.25) is 0 Å². The van der Waals surface area contributed by atoms with Crippen molar-refractivity contribution in [1.82, 2.24) is 4.98 Å². The van der Waals surface area contributed by atoms with Crippen LogP contribution in [0.15, 0.2) is 36.4 Å². The maximum Gasteiger partial charge on any atom is 0.104 e. The molecule has 1 aromatic heterocycles. The van der Waals surface area contributed by atoms with E-state index in [1.165, 1.54) is 5.56 Å². The first-order chi connectivity index (χ1) is 8.97. The molecule has 0 fully saturated rings. The zero-order valence-electron chi connectivity index (χ0n) is 12.0. The maximum absolute atomic E-state index is 10.4. The first-order valence-corrected chi connectivity index (χ1v) is 6.70. The van der Waals surface area contributed by atoms with Crippen molar-refractivity contribution in [3.8, 4) is 0 Å². The number of aryl methyl sites for hydroxylation is 2. The van der Waals surface area contributed by atoms with Crippen LogP contribution in [0, 0.1) is 13.8 Å². The minimum atomic E-state index is -0.582. The van der Waals surface area contributed by atoms with Crippen LogP contribution in [-0.4, -0.2) is 10.1 Å². The van der Waals surface area contributed by atoms with Crippen molar-refractivity contribution in [3.05, 3.63) is 64.5 Å². The summed E-state index contributed by atoms with van der Waals surface area (Å²) in [6.45, 7) is 8.23. The number of benzene rings is 1. The standard InChI is InChI=1S/C17H21NO/c1-11(2)14-5-7-15(8-6-14)17(19)16-9-12(3)18-13(4)10-16/h5-11,17,19H,1-4H3. The lowest BCUT2D eigenvalue weighted by molar-refractivity contribution is 0.220. The van der Waals surface area contributed by atoms with Crippen LogP contribution < -0.4 is 0 Å². The summed E-state index contributed by atoms with van der Waals surface area (Å²) in [5.41, 5.74) is 5.00. The van der Waals surface area contributed by atoms with Gasteiger partial charge < -0.3 is 5.11 Å². The molecule has 100 valence electrons. The monoisotopic (exact) mass is 255 g/mol. The zero-order chi connectivity index (χ0) is 14.0. The van der Waals surface area contributed by atoms with Crippen LogP contribution in [0.2, 0.25) is 0 Å². The van der Waals surface area contributed by atoms with E-state index in [-0.39, 0.29) is 0 Å². The van der Waals surface area contributed by atoms with Crippen molar-refractivity contribution in [2.75, 3.05) is 0 Å². The minimum absolute atomic E-state index is 0.511. The number of pyridine rings is 1. The summed E-state index contributed by atoms with van der Waals surface area (Å²) in [5.74, 6) is 0.511. The molecule has 1 heterocycles. The predicted octanol–water partition coefficient (Wildman–Crippen LogP) is 3.90. The van der Waals surface area contributed by atoms with Crippen LogP contribution in [0.3, 0.4) is 0 Å². The molecule has 0 bridgehead atoms. The molecule has 2 aromatic rings. The molecule has 1 aromatic carbocycles. The zero-order valence-corrected chi connectivity index (χ0v) is 12.0. The summed E-state index contributed by atoms with van der Waals surface area (Å²) in [4.78, 5) is 4.34. The summed E-state index contributed by atoms with van der Waals surface area (Å²) in [6, 6.07) is 12.1. The molecule has 2 nitrogen and oxygen atoms in total. The molecule has 0 aliphatic carbocycles. The van der Waals surface area contributed by atoms with Gasteiger partial charge in [0, 0.05) is 11.4 Å². The van der Waals surface area contributed by atoms with Crippen LogP contribution in [0.1, 0.15) is 53.9 Å². The van der Waals surface area contributed by atoms with E-state index < -0.39 is 6.10 Å². The third-order valence-electron chi connectivity index (χ3n) is 3.34. The van der Waals surface area contributed by atoms with Gasteiger partial charge in [0.05, 0.1) is 0 Å². The number of aromatic nitrogens is 1. The quantitative estimate of drug-likeness (QED) is 0.902. The van der Waals surface area contributed by atoms with Gasteiger partial charge >= 0.3 is 0 Å². The number of nitrogens with zero attached hydrogens (tertiary/aromatic N) is 1. The molecule has 0 aliphatic rings. The van der Waals surface area contributed by atoms with Crippen LogP contribution in [-0.2, 0) is 0 Å². The van der Waals surface area contributed by atoms with E-state index >= 15 is 0 Å². The summed E-state index contributed by atoms with van der Waals surface area (Å²) >= 11 is 0. The molecular formula is C17H21NO. The fraction of sp³-hybridized carbons (Fsp3) is 0.353. The fourth-order valence-corrected chi connectivity index (χ4v) is 2.28. The molecule has 1 atom stereocenters. The van der Waals surface area contributed by atoms with Gasteiger partial charge in [0.25, 0.3) is 0 Å². The molecule has 1 N–H and O–H groups in total. The van der Waals surface area contributed by atoms with Crippen molar-refractivity contribution in [2.24, 2.45) is 0 Å². The normalized spacial score (nSPS) is 12.7. The highest BCUT2D eigenvalue weighted by Crippen LogP contribution is 2.24. The third-order valence-corrected chi connectivity index (χ3v) is 3.34. The van der Waals surface area contributed by atoms with Crippen LogP contribution >= 0.6 is 0 Å². The van der Waals surface area contributed by atoms with Gasteiger partial charge in [-0.15, -0.1) is 0 Å². The minimum Gasteiger partial charge on any atom is -0.384 e. The van der Waals surface area contributed by atoms with Crippen LogP contribution in [0.5, 0.6) is 0 Å². The molecule has 1 unspecified atom stereocenters. The van der Waals surface area contributed by atoms with Gasteiger partial charge in [-0.25, -0.2) is 0 Å². The lowest BCUT2D eigenvalue weighted by atomic mass is 9.97. The molecule has 0 spiro atoms. The number of hydrogen-bond donors (Lipinski definition) is 1. The smallest absolute Gasteiger partial charge is 0.104 e. The van der Waals surface area contributed by atoms with Crippen molar-refractivity contribution in [2.45, 2.75) is 39.7 Å². The van der Waals surface area contributed by atoms with Gasteiger partial charge in [-0.05, 0) is 48.6 Å². The Hall–Kier alpha value is -1.67. The molecule has 0 aliphatic heterocycles. The van der Waals surface area contributed by atoms with Gasteiger partial charge in [-0.1, -0.05) is 38.1 Å². The van der Waals surface area contributed by atoms with Crippen molar-refractivity contribution >= 4 is 0 Å². The van der Waals surface area contributed by atoms with E-state index in [0.29, 0.717) is 5.92 Å². The Bertz CT molecular complexity index is 538. The number of aliphatic hydroxyl groups is 1.